The fourth-order valence-electron chi connectivity index (χ4n) is 1.58. The molecule has 0 aromatic carbocycles. The molecule has 1 aromatic rings. The number of amides is 2. The van der Waals surface area contributed by atoms with Crippen molar-refractivity contribution in [2.24, 2.45) is 0 Å². The molecule has 21 heavy (non-hydrogen) atoms. The predicted octanol–water partition coefficient (Wildman–Crippen LogP) is 2.36. The van der Waals surface area contributed by atoms with Gasteiger partial charge in [-0.15, -0.1) is 0 Å². The van der Waals surface area contributed by atoms with Crippen molar-refractivity contribution in [2.45, 2.75) is 26.1 Å². The monoisotopic (exact) mass is 295 g/mol. The minimum absolute atomic E-state index is 0.0730. The highest BCUT2D eigenvalue weighted by molar-refractivity contribution is 5.76. The lowest BCUT2D eigenvalue weighted by Crippen LogP contribution is -2.35. The molecule has 7 heteroatoms. The molecule has 1 aliphatic rings. The van der Waals surface area contributed by atoms with Gasteiger partial charge in [-0.2, -0.15) is 0 Å². The molecular weight excluding hydrogens is 280 g/mol. The van der Waals surface area contributed by atoms with Crippen molar-refractivity contribution < 1.29 is 18.3 Å². The van der Waals surface area contributed by atoms with Crippen molar-refractivity contribution in [3.63, 3.8) is 0 Å². The number of carbonyl (C=O) groups is 1. The molecule has 0 bridgehead atoms. The Morgan fingerprint density at radius 3 is 3.05 bits per heavy atom. The van der Waals surface area contributed by atoms with Crippen LogP contribution in [0.5, 0.6) is 5.88 Å². The van der Waals surface area contributed by atoms with Crippen LogP contribution in [0.15, 0.2) is 35.6 Å². The summed E-state index contributed by atoms with van der Waals surface area (Å²) in [6.07, 6.45) is 0.533. The van der Waals surface area contributed by atoms with Gasteiger partial charge in [-0.3, -0.25) is 0 Å². The zero-order chi connectivity index (χ0) is 15.2. The van der Waals surface area contributed by atoms with Crippen LogP contribution in [0.1, 0.15) is 18.9 Å². The molecule has 5 nitrogen and oxygen atoms in total. The van der Waals surface area contributed by atoms with Gasteiger partial charge in [0.05, 0.1) is 12.1 Å². The van der Waals surface area contributed by atoms with Crippen LogP contribution in [-0.4, -0.2) is 23.8 Å². The maximum absolute atomic E-state index is 12.7. The van der Waals surface area contributed by atoms with E-state index in [1.165, 1.54) is 13.1 Å². The first kappa shape index (κ1) is 15.0. The number of aromatic nitrogens is 1. The smallest absolute Gasteiger partial charge is 0.319 e. The summed E-state index contributed by atoms with van der Waals surface area (Å²) in [4.78, 5) is 15.5. The van der Waals surface area contributed by atoms with E-state index >= 15 is 0 Å². The number of rotatable bonds is 6. The van der Waals surface area contributed by atoms with Crippen LogP contribution < -0.4 is 15.4 Å². The Balaban J connectivity index is 1.81. The Bertz CT molecular complexity index is 596. The van der Waals surface area contributed by atoms with E-state index in [2.05, 4.69) is 21.3 Å². The third-order valence-electron chi connectivity index (χ3n) is 2.60. The third kappa shape index (κ3) is 4.89. The lowest BCUT2D eigenvalue weighted by atomic mass is 10.2. The Kier molecular flexibility index (Phi) is 4.90. The summed E-state index contributed by atoms with van der Waals surface area (Å²) in [5.41, 5.74) is 3.51. The van der Waals surface area contributed by atoms with Gasteiger partial charge in [-0.05, 0) is 18.6 Å². The van der Waals surface area contributed by atoms with Crippen LogP contribution in [0.25, 0.3) is 0 Å². The van der Waals surface area contributed by atoms with Gasteiger partial charge in [0.15, 0.2) is 5.83 Å². The molecule has 1 unspecified atom stereocenters. The van der Waals surface area contributed by atoms with E-state index in [0.717, 1.165) is 5.56 Å². The zero-order valence-electron chi connectivity index (χ0n) is 11.5. The van der Waals surface area contributed by atoms with Crippen LogP contribution in [0.2, 0.25) is 0 Å². The van der Waals surface area contributed by atoms with Gasteiger partial charge in [-0.25, -0.2) is 18.6 Å². The second-order valence-electron chi connectivity index (χ2n) is 4.59. The molecule has 0 aliphatic heterocycles. The summed E-state index contributed by atoms with van der Waals surface area (Å²) in [6, 6.07) is 2.88. The van der Waals surface area contributed by atoms with E-state index in [-0.39, 0.29) is 25.4 Å². The summed E-state index contributed by atoms with van der Waals surface area (Å²) in [5.74, 6) is -0.0748. The number of halogens is 2. The van der Waals surface area contributed by atoms with Crippen molar-refractivity contribution >= 4 is 6.03 Å². The Labute approximate surface area is 120 Å². The number of urea groups is 1. The van der Waals surface area contributed by atoms with Crippen molar-refractivity contribution in [2.75, 3.05) is 6.61 Å². The molecule has 2 amide bonds. The Morgan fingerprint density at radius 2 is 2.38 bits per heavy atom. The average Bonchev–Trinajstić information content (AvgIpc) is 2.42. The summed E-state index contributed by atoms with van der Waals surface area (Å²) in [6.45, 7) is 1.56. The number of ether oxygens (including phenoxy) is 1. The Hall–Kier alpha value is -2.40. The van der Waals surface area contributed by atoms with Crippen molar-refractivity contribution in [1.29, 1.82) is 0 Å². The quantitative estimate of drug-likeness (QED) is 0.792. The highest BCUT2D eigenvalue weighted by Gasteiger charge is 2.13. The SMILES string of the molecule is CC(F)COc1cc(CNC(=O)NC2=C=C(F)C2)ccn1. The number of alkyl halides is 1. The van der Waals surface area contributed by atoms with Crippen LogP contribution in [0.3, 0.4) is 0 Å². The molecule has 0 radical (unpaired) electrons. The first-order valence-electron chi connectivity index (χ1n) is 6.44. The van der Waals surface area contributed by atoms with Gasteiger partial charge in [0.1, 0.15) is 12.8 Å². The first-order valence-corrected chi connectivity index (χ1v) is 6.44. The predicted molar refractivity (Wildman–Crippen MR) is 71.9 cm³/mol. The summed E-state index contributed by atoms with van der Waals surface area (Å²) >= 11 is 0. The minimum atomic E-state index is -1.08. The number of hydrogen-bond acceptors (Lipinski definition) is 3. The normalized spacial score (nSPS) is 14.4. The molecule has 0 fully saturated rings. The highest BCUT2D eigenvalue weighted by atomic mass is 19.1. The molecule has 0 saturated heterocycles. The lowest BCUT2D eigenvalue weighted by Gasteiger charge is -2.12. The van der Waals surface area contributed by atoms with Gasteiger partial charge < -0.3 is 15.4 Å². The fraction of sp³-hybridized carbons (Fsp3) is 0.357. The molecule has 1 atom stereocenters. The topological polar surface area (TPSA) is 63.2 Å². The Morgan fingerprint density at radius 1 is 1.62 bits per heavy atom. The fourth-order valence-corrected chi connectivity index (χ4v) is 1.58. The lowest BCUT2D eigenvalue weighted by molar-refractivity contribution is 0.203. The standard InChI is InChI=1S/C14H15F2N3O2/c1-9(15)8-21-13-4-10(2-3-17-13)7-18-14(20)19-12-5-11(16)6-12/h2-4,9H,5,7-8H2,1H3,(H2,18,19,20). The largest absolute Gasteiger partial charge is 0.475 e. The summed E-state index contributed by atoms with van der Waals surface area (Å²) in [5, 5.41) is 5.07. The second-order valence-corrected chi connectivity index (χ2v) is 4.59. The van der Waals surface area contributed by atoms with Gasteiger partial charge in [0, 0.05) is 18.8 Å². The van der Waals surface area contributed by atoms with Gasteiger partial charge in [-0.1, -0.05) is 5.73 Å². The molecule has 2 N–H and O–H groups in total. The molecule has 112 valence electrons. The van der Waals surface area contributed by atoms with Crippen LogP contribution in [-0.2, 0) is 6.54 Å². The van der Waals surface area contributed by atoms with Gasteiger partial charge in [0.2, 0.25) is 5.88 Å². The molecule has 2 rings (SSSR count). The number of nitrogens with zero attached hydrogens (tertiary/aromatic N) is 1. The van der Waals surface area contributed by atoms with E-state index < -0.39 is 12.2 Å². The van der Waals surface area contributed by atoms with E-state index in [1.807, 2.05) is 0 Å². The van der Waals surface area contributed by atoms with Gasteiger partial charge >= 0.3 is 6.03 Å². The maximum Gasteiger partial charge on any atom is 0.319 e. The molecule has 1 aromatic heterocycles. The average molecular weight is 295 g/mol. The van der Waals surface area contributed by atoms with E-state index in [9.17, 15) is 13.6 Å². The van der Waals surface area contributed by atoms with Crippen LogP contribution in [0, 0.1) is 0 Å². The van der Waals surface area contributed by atoms with E-state index in [1.54, 1.807) is 12.1 Å². The van der Waals surface area contributed by atoms with Crippen molar-refractivity contribution in [1.82, 2.24) is 15.6 Å². The summed E-state index contributed by atoms with van der Waals surface area (Å²) in [7, 11) is 0. The number of hydrogen-bond donors (Lipinski definition) is 2. The zero-order valence-corrected chi connectivity index (χ0v) is 11.5. The molecule has 1 heterocycles. The van der Waals surface area contributed by atoms with Crippen LogP contribution >= 0.6 is 0 Å². The van der Waals surface area contributed by atoms with E-state index in [4.69, 9.17) is 4.74 Å². The highest BCUT2D eigenvalue weighted by Crippen LogP contribution is 2.17. The minimum Gasteiger partial charge on any atom is -0.475 e. The molecule has 1 aliphatic carbocycles. The maximum atomic E-state index is 12.7. The van der Waals surface area contributed by atoms with Crippen LogP contribution in [0.4, 0.5) is 13.6 Å². The van der Waals surface area contributed by atoms with Crippen molar-refractivity contribution in [3.05, 3.63) is 41.1 Å². The number of nitrogens with one attached hydrogen (secondary N) is 2. The molecular formula is C14H15F2N3O2. The third-order valence-corrected chi connectivity index (χ3v) is 2.60. The van der Waals surface area contributed by atoms with E-state index in [0.29, 0.717) is 11.6 Å². The number of pyridine rings is 1. The molecule has 0 saturated carbocycles. The summed E-state index contributed by atoms with van der Waals surface area (Å²) < 4.78 is 30.2. The van der Waals surface area contributed by atoms with Crippen molar-refractivity contribution in [3.8, 4) is 5.88 Å². The second kappa shape index (κ2) is 6.85. The molecule has 0 spiro atoms. The van der Waals surface area contributed by atoms with Gasteiger partial charge in [0.25, 0.3) is 0 Å². The first-order chi connectivity index (χ1) is 10.0. The number of carbonyl (C=O) groups excluding carboxylic acids is 1.